The highest BCUT2D eigenvalue weighted by atomic mass is 32.2. The molecule has 1 atom stereocenters. The zero-order valence-electron chi connectivity index (χ0n) is 12.3. The molecular formula is C16H19NO4S. The Labute approximate surface area is 130 Å². The Balaban J connectivity index is 2.05. The Bertz CT molecular complexity index is 710. The van der Waals surface area contributed by atoms with Crippen LogP contribution in [0.3, 0.4) is 0 Å². The standard InChI is InChI=1S/C16H19NO4S/c1-22(19,20)21-15-9-7-14(8-10-15)16(17,18)12-11-13-5-3-2-4-6-13/h2-10,18H,11-12,17H2,1H3/t16-/m0/s1. The van der Waals surface area contributed by atoms with Gasteiger partial charge in [0.2, 0.25) is 0 Å². The third kappa shape index (κ3) is 4.84. The molecule has 0 fully saturated rings. The summed E-state index contributed by atoms with van der Waals surface area (Å²) in [4.78, 5) is 0. The summed E-state index contributed by atoms with van der Waals surface area (Å²) in [5, 5.41) is 10.4. The van der Waals surface area contributed by atoms with E-state index in [9.17, 15) is 13.5 Å². The van der Waals surface area contributed by atoms with Crippen molar-refractivity contribution < 1.29 is 17.7 Å². The minimum atomic E-state index is -3.57. The predicted octanol–water partition coefficient (Wildman–Crippen LogP) is 1.76. The Morgan fingerprint density at radius 1 is 1.09 bits per heavy atom. The molecule has 0 unspecified atom stereocenters. The monoisotopic (exact) mass is 321 g/mol. The van der Waals surface area contributed by atoms with Gasteiger partial charge in [-0.3, -0.25) is 5.73 Å². The molecule has 22 heavy (non-hydrogen) atoms. The lowest BCUT2D eigenvalue weighted by Gasteiger charge is -2.24. The van der Waals surface area contributed by atoms with Crippen LogP contribution in [0.4, 0.5) is 0 Å². The van der Waals surface area contributed by atoms with Crippen LogP contribution in [0.2, 0.25) is 0 Å². The number of benzene rings is 2. The molecule has 2 aromatic carbocycles. The van der Waals surface area contributed by atoms with Gasteiger partial charge in [0.05, 0.1) is 6.26 Å². The molecule has 0 aromatic heterocycles. The molecule has 5 nitrogen and oxygen atoms in total. The van der Waals surface area contributed by atoms with Crippen molar-refractivity contribution in [1.82, 2.24) is 0 Å². The van der Waals surface area contributed by atoms with Crippen molar-refractivity contribution >= 4 is 10.1 Å². The SMILES string of the molecule is CS(=O)(=O)Oc1ccc([C@@](N)(O)CCc2ccccc2)cc1. The topological polar surface area (TPSA) is 89.6 Å². The smallest absolute Gasteiger partial charge is 0.306 e. The molecule has 0 heterocycles. The largest absolute Gasteiger partial charge is 0.383 e. The molecule has 0 amide bonds. The summed E-state index contributed by atoms with van der Waals surface area (Å²) < 4.78 is 26.8. The van der Waals surface area contributed by atoms with Crippen molar-refractivity contribution in [3.63, 3.8) is 0 Å². The second-order valence-corrected chi connectivity index (χ2v) is 6.80. The fourth-order valence-corrected chi connectivity index (χ4v) is 2.56. The first kappa shape index (κ1) is 16.5. The molecule has 0 aliphatic heterocycles. The van der Waals surface area contributed by atoms with Gasteiger partial charge >= 0.3 is 10.1 Å². The van der Waals surface area contributed by atoms with E-state index < -0.39 is 15.8 Å². The minimum Gasteiger partial charge on any atom is -0.383 e. The molecule has 2 aromatic rings. The van der Waals surface area contributed by atoms with E-state index in [1.807, 2.05) is 30.3 Å². The van der Waals surface area contributed by atoms with E-state index in [4.69, 9.17) is 9.92 Å². The average Bonchev–Trinajstić information content (AvgIpc) is 2.45. The van der Waals surface area contributed by atoms with Crippen molar-refractivity contribution in [1.29, 1.82) is 0 Å². The van der Waals surface area contributed by atoms with Crippen LogP contribution in [0.25, 0.3) is 0 Å². The Morgan fingerprint density at radius 2 is 1.68 bits per heavy atom. The van der Waals surface area contributed by atoms with E-state index in [2.05, 4.69) is 0 Å². The summed E-state index contributed by atoms with van der Waals surface area (Å²) in [6, 6.07) is 15.8. The summed E-state index contributed by atoms with van der Waals surface area (Å²) in [7, 11) is -3.57. The normalized spacial score (nSPS) is 14.3. The number of rotatable bonds is 6. The second kappa shape index (κ2) is 6.48. The van der Waals surface area contributed by atoms with Crippen LogP contribution in [0.5, 0.6) is 5.75 Å². The Hall–Kier alpha value is -1.89. The van der Waals surface area contributed by atoms with E-state index in [0.29, 0.717) is 18.4 Å². The average molecular weight is 321 g/mol. The highest BCUT2D eigenvalue weighted by Gasteiger charge is 2.23. The zero-order valence-corrected chi connectivity index (χ0v) is 13.1. The fraction of sp³-hybridized carbons (Fsp3) is 0.250. The van der Waals surface area contributed by atoms with Gasteiger partial charge in [-0.25, -0.2) is 0 Å². The zero-order chi connectivity index (χ0) is 16.2. The third-order valence-electron chi connectivity index (χ3n) is 3.24. The Morgan fingerprint density at radius 3 is 2.23 bits per heavy atom. The van der Waals surface area contributed by atoms with Gasteiger partial charge in [0.25, 0.3) is 0 Å². The number of hydrogen-bond donors (Lipinski definition) is 2. The lowest BCUT2D eigenvalue weighted by Crippen LogP contribution is -2.36. The first-order valence-corrected chi connectivity index (χ1v) is 8.63. The molecule has 118 valence electrons. The lowest BCUT2D eigenvalue weighted by atomic mass is 9.96. The molecule has 6 heteroatoms. The van der Waals surface area contributed by atoms with Gasteiger partial charge in [0.1, 0.15) is 11.5 Å². The van der Waals surface area contributed by atoms with Crippen LogP contribution in [-0.4, -0.2) is 19.8 Å². The van der Waals surface area contributed by atoms with Gasteiger partial charge in [-0.15, -0.1) is 0 Å². The maximum Gasteiger partial charge on any atom is 0.306 e. The van der Waals surface area contributed by atoms with E-state index in [1.54, 1.807) is 12.1 Å². The first-order chi connectivity index (χ1) is 10.3. The maximum absolute atomic E-state index is 11.0. The molecule has 0 aliphatic carbocycles. The third-order valence-corrected chi connectivity index (χ3v) is 3.73. The van der Waals surface area contributed by atoms with Gasteiger partial charge < -0.3 is 9.29 Å². The highest BCUT2D eigenvalue weighted by molar-refractivity contribution is 7.86. The van der Waals surface area contributed by atoms with E-state index in [1.165, 1.54) is 12.1 Å². The summed E-state index contributed by atoms with van der Waals surface area (Å²) >= 11 is 0. The van der Waals surface area contributed by atoms with Gasteiger partial charge in [-0.2, -0.15) is 8.42 Å². The summed E-state index contributed by atoms with van der Waals surface area (Å²) in [6.45, 7) is 0. The van der Waals surface area contributed by atoms with Gasteiger partial charge in [0.15, 0.2) is 0 Å². The molecule has 0 saturated heterocycles. The quantitative estimate of drug-likeness (QED) is 0.625. The van der Waals surface area contributed by atoms with Crippen LogP contribution in [-0.2, 0) is 22.3 Å². The van der Waals surface area contributed by atoms with Crippen molar-refractivity contribution in [3.8, 4) is 5.75 Å². The van der Waals surface area contributed by atoms with Gasteiger partial charge in [-0.05, 0) is 36.1 Å². The summed E-state index contributed by atoms with van der Waals surface area (Å²) in [5.74, 6) is 0.185. The van der Waals surface area contributed by atoms with E-state index in [0.717, 1.165) is 11.8 Å². The Kier molecular flexibility index (Phi) is 4.85. The van der Waals surface area contributed by atoms with Crippen LogP contribution < -0.4 is 9.92 Å². The van der Waals surface area contributed by atoms with E-state index >= 15 is 0 Å². The van der Waals surface area contributed by atoms with Gasteiger partial charge in [-0.1, -0.05) is 42.5 Å². The second-order valence-electron chi connectivity index (χ2n) is 5.22. The molecule has 3 N–H and O–H groups in total. The van der Waals surface area contributed by atoms with Crippen LogP contribution >= 0.6 is 0 Å². The highest BCUT2D eigenvalue weighted by Crippen LogP contribution is 2.24. The number of aliphatic hydroxyl groups is 1. The minimum absolute atomic E-state index is 0.185. The molecular weight excluding hydrogens is 302 g/mol. The molecule has 0 saturated carbocycles. The summed E-state index contributed by atoms with van der Waals surface area (Å²) in [5.41, 5.74) is 6.06. The molecule has 0 radical (unpaired) electrons. The first-order valence-electron chi connectivity index (χ1n) is 6.81. The molecule has 0 spiro atoms. The fourth-order valence-electron chi connectivity index (χ4n) is 2.10. The maximum atomic E-state index is 11.0. The van der Waals surface area contributed by atoms with Crippen LogP contribution in [0, 0.1) is 0 Å². The predicted molar refractivity (Wildman–Crippen MR) is 84.8 cm³/mol. The molecule has 2 rings (SSSR count). The van der Waals surface area contributed by atoms with Crippen molar-refractivity contribution in [3.05, 3.63) is 65.7 Å². The summed E-state index contributed by atoms with van der Waals surface area (Å²) in [6.07, 6.45) is 1.96. The van der Waals surface area contributed by atoms with Crippen molar-refractivity contribution in [2.24, 2.45) is 5.73 Å². The number of aryl methyl sites for hydroxylation is 1. The van der Waals surface area contributed by atoms with Crippen molar-refractivity contribution in [2.45, 2.75) is 18.6 Å². The van der Waals surface area contributed by atoms with Gasteiger partial charge in [0, 0.05) is 0 Å². The number of hydrogen-bond acceptors (Lipinski definition) is 5. The number of nitrogens with two attached hydrogens (primary N) is 1. The van der Waals surface area contributed by atoms with Crippen LogP contribution in [0.1, 0.15) is 17.5 Å². The molecule has 0 aliphatic rings. The molecule has 0 bridgehead atoms. The van der Waals surface area contributed by atoms with E-state index in [-0.39, 0.29) is 5.75 Å². The van der Waals surface area contributed by atoms with Crippen molar-refractivity contribution in [2.75, 3.05) is 6.26 Å². The lowest BCUT2D eigenvalue weighted by molar-refractivity contribution is 0.0345. The van der Waals surface area contributed by atoms with Crippen LogP contribution in [0.15, 0.2) is 54.6 Å².